The van der Waals surface area contributed by atoms with Gasteiger partial charge in [-0.15, -0.1) is 0 Å². The highest BCUT2D eigenvalue weighted by Gasteiger charge is 2.19. The minimum atomic E-state index is -4.28. The van der Waals surface area contributed by atoms with Gasteiger partial charge in [0.1, 0.15) is 6.61 Å². The van der Waals surface area contributed by atoms with Crippen LogP contribution in [0, 0.1) is 11.6 Å². The maximum Gasteiger partial charge on any atom is 0.272 e. The summed E-state index contributed by atoms with van der Waals surface area (Å²) in [5.41, 5.74) is 0. The summed E-state index contributed by atoms with van der Waals surface area (Å²) < 4.78 is 75.6. The smallest absolute Gasteiger partial charge is 0.272 e. The molecule has 0 saturated heterocycles. The number of ether oxygens (including phenoxy) is 1. The lowest BCUT2D eigenvalue weighted by molar-refractivity contribution is 0.0776. The van der Waals surface area contributed by atoms with Crippen molar-refractivity contribution in [3.05, 3.63) is 23.8 Å². The number of hydrogen-bond donors (Lipinski definition) is 1. The van der Waals surface area contributed by atoms with E-state index in [-0.39, 0.29) is 0 Å². The third-order valence-electron chi connectivity index (χ3n) is 1.65. The molecule has 0 aliphatic heterocycles. The van der Waals surface area contributed by atoms with Crippen molar-refractivity contribution in [3.8, 4) is 5.75 Å². The van der Waals surface area contributed by atoms with Gasteiger partial charge in [-0.2, -0.15) is 0 Å². The molecular formula is C8H7F4NO3S. The highest BCUT2D eigenvalue weighted by atomic mass is 32.2. The van der Waals surface area contributed by atoms with Crippen LogP contribution in [0.25, 0.3) is 0 Å². The summed E-state index contributed by atoms with van der Waals surface area (Å²) in [5, 5.41) is 4.64. The molecule has 0 aromatic heterocycles. The molecule has 0 bridgehead atoms. The highest BCUT2D eigenvalue weighted by Crippen LogP contribution is 2.25. The minimum absolute atomic E-state index is 0.388. The number of sulfonamides is 1. The Morgan fingerprint density at radius 2 is 1.71 bits per heavy atom. The van der Waals surface area contributed by atoms with Gasteiger partial charge < -0.3 is 4.74 Å². The number of primary sulfonamides is 1. The van der Waals surface area contributed by atoms with Crippen molar-refractivity contribution < 1.29 is 30.7 Å². The van der Waals surface area contributed by atoms with E-state index in [1.54, 1.807) is 0 Å². The fraction of sp³-hybridized carbons (Fsp3) is 0.250. The average Bonchev–Trinajstić information content (AvgIpc) is 2.14. The van der Waals surface area contributed by atoms with Gasteiger partial charge in [-0.05, 0) is 12.1 Å². The second-order valence-corrected chi connectivity index (χ2v) is 4.52. The van der Waals surface area contributed by atoms with Gasteiger partial charge in [0, 0.05) is 0 Å². The number of hydrogen-bond acceptors (Lipinski definition) is 3. The van der Waals surface area contributed by atoms with E-state index in [1.165, 1.54) is 0 Å². The molecule has 0 aliphatic carbocycles. The van der Waals surface area contributed by atoms with E-state index in [0.29, 0.717) is 12.1 Å². The van der Waals surface area contributed by atoms with Crippen LogP contribution in [0.5, 0.6) is 5.75 Å². The molecule has 0 saturated carbocycles. The standard InChI is InChI=1S/C8H7F4NO3S/c9-5-1-4(17(13,14)15)2-6(10)8(5)16-3-7(11)12/h1-2,7H,3H2,(H2,13,14,15). The first kappa shape index (κ1) is 13.7. The van der Waals surface area contributed by atoms with Gasteiger partial charge >= 0.3 is 0 Å². The van der Waals surface area contributed by atoms with E-state index in [9.17, 15) is 26.0 Å². The van der Waals surface area contributed by atoms with Crippen LogP contribution in [0.15, 0.2) is 17.0 Å². The zero-order chi connectivity index (χ0) is 13.2. The van der Waals surface area contributed by atoms with Crippen LogP contribution in [0.3, 0.4) is 0 Å². The van der Waals surface area contributed by atoms with E-state index in [1.807, 2.05) is 0 Å². The van der Waals surface area contributed by atoms with E-state index < -0.39 is 45.3 Å². The molecule has 0 radical (unpaired) electrons. The Balaban J connectivity index is 3.11. The Hall–Kier alpha value is -1.35. The number of alkyl halides is 2. The molecule has 1 aromatic carbocycles. The first-order valence-electron chi connectivity index (χ1n) is 4.14. The van der Waals surface area contributed by atoms with Crippen LogP contribution in [0.2, 0.25) is 0 Å². The van der Waals surface area contributed by atoms with Crippen LogP contribution in [-0.2, 0) is 10.0 Å². The zero-order valence-corrected chi connectivity index (χ0v) is 8.98. The topological polar surface area (TPSA) is 69.4 Å². The van der Waals surface area contributed by atoms with Crippen LogP contribution >= 0.6 is 0 Å². The molecule has 96 valence electrons. The van der Waals surface area contributed by atoms with Gasteiger partial charge in [-0.3, -0.25) is 0 Å². The summed E-state index contributed by atoms with van der Waals surface area (Å²) in [5.74, 6) is -3.91. The lowest BCUT2D eigenvalue weighted by Crippen LogP contribution is -2.14. The maximum atomic E-state index is 13.2. The van der Waals surface area contributed by atoms with Gasteiger partial charge in [-0.1, -0.05) is 0 Å². The van der Waals surface area contributed by atoms with E-state index in [4.69, 9.17) is 0 Å². The van der Waals surface area contributed by atoms with Crippen molar-refractivity contribution in [2.75, 3.05) is 6.61 Å². The highest BCUT2D eigenvalue weighted by molar-refractivity contribution is 7.89. The van der Waals surface area contributed by atoms with E-state index >= 15 is 0 Å². The van der Waals surface area contributed by atoms with Gasteiger partial charge in [0.2, 0.25) is 10.0 Å². The SMILES string of the molecule is NS(=O)(=O)c1cc(F)c(OCC(F)F)c(F)c1. The molecule has 4 nitrogen and oxygen atoms in total. The number of benzene rings is 1. The predicted molar refractivity (Wildman–Crippen MR) is 49.2 cm³/mol. The molecule has 0 fully saturated rings. The van der Waals surface area contributed by atoms with E-state index in [2.05, 4.69) is 9.88 Å². The number of nitrogens with two attached hydrogens (primary N) is 1. The summed E-state index contributed by atoms with van der Waals surface area (Å²) >= 11 is 0. The van der Waals surface area contributed by atoms with E-state index in [0.717, 1.165) is 0 Å². The second-order valence-electron chi connectivity index (χ2n) is 2.96. The van der Waals surface area contributed by atoms with Crippen LogP contribution in [-0.4, -0.2) is 21.5 Å². The molecule has 0 heterocycles. The molecule has 17 heavy (non-hydrogen) atoms. The third-order valence-corrected chi connectivity index (χ3v) is 2.55. The fourth-order valence-electron chi connectivity index (χ4n) is 0.985. The lowest BCUT2D eigenvalue weighted by atomic mass is 10.3. The van der Waals surface area contributed by atoms with Crippen molar-refractivity contribution in [1.29, 1.82) is 0 Å². The summed E-state index contributed by atoms with van der Waals surface area (Å²) in [4.78, 5) is -0.808. The van der Waals surface area contributed by atoms with Crippen LogP contribution in [0.4, 0.5) is 17.6 Å². The molecule has 0 aliphatic rings. The predicted octanol–water partition coefficient (Wildman–Crippen LogP) is 1.26. The molecule has 0 spiro atoms. The van der Waals surface area contributed by atoms with Gasteiger partial charge in [0.25, 0.3) is 6.43 Å². The van der Waals surface area contributed by atoms with Crippen molar-refractivity contribution >= 4 is 10.0 Å². The Labute approximate surface area is 94.0 Å². The van der Waals surface area contributed by atoms with Crippen LogP contribution in [0.1, 0.15) is 0 Å². The summed E-state index contributed by atoms with van der Waals surface area (Å²) in [6.45, 7) is -1.21. The first-order valence-corrected chi connectivity index (χ1v) is 5.69. The third kappa shape index (κ3) is 3.56. The second kappa shape index (κ2) is 4.88. The van der Waals surface area contributed by atoms with Crippen molar-refractivity contribution in [3.63, 3.8) is 0 Å². The largest absolute Gasteiger partial charge is 0.482 e. The maximum absolute atomic E-state index is 13.2. The molecular weight excluding hydrogens is 266 g/mol. The molecule has 1 aromatic rings. The summed E-state index contributed by atoms with van der Waals surface area (Å²) in [6, 6.07) is 0.776. The minimum Gasteiger partial charge on any atom is -0.482 e. The summed E-state index contributed by atoms with van der Waals surface area (Å²) in [6.07, 6.45) is -2.91. The molecule has 0 amide bonds. The first-order chi connectivity index (χ1) is 7.71. The van der Waals surface area contributed by atoms with Crippen LogP contribution < -0.4 is 9.88 Å². The van der Waals surface area contributed by atoms with Gasteiger partial charge in [0.05, 0.1) is 4.90 Å². The molecule has 0 unspecified atom stereocenters. The Kier molecular flexibility index (Phi) is 3.94. The number of halogens is 4. The normalized spacial score (nSPS) is 11.9. The molecule has 0 atom stereocenters. The monoisotopic (exact) mass is 273 g/mol. The van der Waals surface area contributed by atoms with Gasteiger partial charge in [0.15, 0.2) is 17.4 Å². The quantitative estimate of drug-likeness (QED) is 0.839. The van der Waals surface area contributed by atoms with Crippen molar-refractivity contribution in [1.82, 2.24) is 0 Å². The number of rotatable bonds is 4. The Morgan fingerprint density at radius 1 is 1.24 bits per heavy atom. The van der Waals surface area contributed by atoms with Gasteiger partial charge in [-0.25, -0.2) is 31.1 Å². The molecule has 1 rings (SSSR count). The van der Waals surface area contributed by atoms with Crippen molar-refractivity contribution in [2.45, 2.75) is 11.3 Å². The van der Waals surface area contributed by atoms with Crippen molar-refractivity contribution in [2.24, 2.45) is 5.14 Å². The summed E-state index contributed by atoms with van der Waals surface area (Å²) in [7, 11) is -4.28. The molecule has 9 heteroatoms. The fourth-order valence-corrected chi connectivity index (χ4v) is 1.52. The Morgan fingerprint density at radius 3 is 2.06 bits per heavy atom. The lowest BCUT2D eigenvalue weighted by Gasteiger charge is -2.08. The zero-order valence-electron chi connectivity index (χ0n) is 8.16. The molecule has 2 N–H and O–H groups in total. The Bertz CT molecular complexity index is 494. The average molecular weight is 273 g/mol.